The van der Waals surface area contributed by atoms with E-state index in [0.29, 0.717) is 18.1 Å². The van der Waals surface area contributed by atoms with Gasteiger partial charge in [0.2, 0.25) is 0 Å². The summed E-state index contributed by atoms with van der Waals surface area (Å²) in [6, 6.07) is 7.85. The molecule has 2 aromatic rings. The Labute approximate surface area is 165 Å². The van der Waals surface area contributed by atoms with Crippen LogP contribution in [0.4, 0.5) is 4.79 Å². The monoisotopic (exact) mass is 387 g/mol. The van der Waals surface area contributed by atoms with Crippen LogP contribution in [0.3, 0.4) is 0 Å². The molecule has 1 aromatic carbocycles. The maximum Gasteiger partial charge on any atom is 0.407 e. The van der Waals surface area contributed by atoms with Crippen LogP contribution in [0.25, 0.3) is 11.1 Å². The fourth-order valence-corrected chi connectivity index (χ4v) is 3.71. The van der Waals surface area contributed by atoms with E-state index < -0.39 is 0 Å². The van der Waals surface area contributed by atoms with Crippen LogP contribution in [0.2, 0.25) is 5.02 Å². The Bertz CT molecular complexity index is 782. The summed E-state index contributed by atoms with van der Waals surface area (Å²) < 4.78 is 5.63. The second-order valence-corrected chi connectivity index (χ2v) is 7.30. The molecule has 0 radical (unpaired) electrons. The van der Waals surface area contributed by atoms with Crippen LogP contribution >= 0.6 is 11.6 Å². The zero-order valence-corrected chi connectivity index (χ0v) is 16.2. The first-order valence-electron chi connectivity index (χ1n) is 9.53. The molecule has 5 nitrogen and oxygen atoms in total. The number of pyridine rings is 1. The third-order valence-corrected chi connectivity index (χ3v) is 5.13. The molecule has 1 aliphatic carbocycles. The van der Waals surface area contributed by atoms with E-state index >= 15 is 0 Å². The van der Waals surface area contributed by atoms with Gasteiger partial charge in [-0.2, -0.15) is 0 Å². The van der Waals surface area contributed by atoms with Crippen molar-refractivity contribution in [3.05, 3.63) is 52.8 Å². The summed E-state index contributed by atoms with van der Waals surface area (Å²) >= 11 is 6.18. The number of hydrogen-bond acceptors (Lipinski definition) is 4. The molecule has 0 bridgehead atoms. The van der Waals surface area contributed by atoms with Crippen molar-refractivity contribution in [3.63, 3.8) is 0 Å². The van der Waals surface area contributed by atoms with Gasteiger partial charge in [0.05, 0.1) is 0 Å². The minimum atomic E-state index is -0.348. The van der Waals surface area contributed by atoms with Gasteiger partial charge in [0, 0.05) is 29.5 Å². The molecule has 3 rings (SSSR count). The van der Waals surface area contributed by atoms with Gasteiger partial charge in [0.15, 0.2) is 0 Å². The van der Waals surface area contributed by atoms with Gasteiger partial charge in [-0.3, -0.25) is 4.98 Å². The summed E-state index contributed by atoms with van der Waals surface area (Å²) in [6.45, 7) is 1.11. The van der Waals surface area contributed by atoms with Crippen molar-refractivity contribution in [2.75, 3.05) is 13.1 Å². The van der Waals surface area contributed by atoms with Crippen LogP contribution in [-0.2, 0) is 17.6 Å². The summed E-state index contributed by atoms with van der Waals surface area (Å²) in [5, 5.41) is 3.48. The van der Waals surface area contributed by atoms with Crippen molar-refractivity contribution in [2.45, 2.75) is 44.6 Å². The quantitative estimate of drug-likeness (QED) is 0.756. The fraction of sp³-hybridized carbons (Fsp3) is 0.429. The first kappa shape index (κ1) is 19.6. The van der Waals surface area contributed by atoms with E-state index in [-0.39, 0.29) is 12.2 Å². The molecule has 3 N–H and O–H groups in total. The van der Waals surface area contributed by atoms with Crippen molar-refractivity contribution in [1.29, 1.82) is 0 Å². The van der Waals surface area contributed by atoms with E-state index in [1.165, 1.54) is 11.1 Å². The molecule has 1 unspecified atom stereocenters. The molecule has 0 saturated carbocycles. The number of aryl methyl sites for hydroxylation is 1. The van der Waals surface area contributed by atoms with Crippen molar-refractivity contribution in [3.8, 4) is 11.1 Å². The number of halogens is 1. The van der Waals surface area contributed by atoms with E-state index in [1.807, 2.05) is 30.6 Å². The molecule has 6 heteroatoms. The zero-order valence-electron chi connectivity index (χ0n) is 15.4. The summed E-state index contributed by atoms with van der Waals surface area (Å²) in [5.74, 6) is 0. The maximum atomic E-state index is 12.0. The molecule has 1 aromatic heterocycles. The molecular weight excluding hydrogens is 362 g/mol. The van der Waals surface area contributed by atoms with Crippen molar-refractivity contribution >= 4 is 17.7 Å². The predicted molar refractivity (Wildman–Crippen MR) is 108 cm³/mol. The van der Waals surface area contributed by atoms with Crippen LogP contribution in [-0.4, -0.2) is 30.3 Å². The van der Waals surface area contributed by atoms with E-state index in [2.05, 4.69) is 16.4 Å². The first-order valence-corrected chi connectivity index (χ1v) is 9.91. The van der Waals surface area contributed by atoms with Crippen molar-refractivity contribution in [2.24, 2.45) is 5.73 Å². The number of alkyl carbamates (subject to hydrolysis) is 1. The van der Waals surface area contributed by atoms with Gasteiger partial charge < -0.3 is 15.8 Å². The number of aromatic nitrogens is 1. The Morgan fingerprint density at radius 3 is 3.00 bits per heavy atom. The third kappa shape index (κ3) is 5.44. The summed E-state index contributed by atoms with van der Waals surface area (Å²) in [4.78, 5) is 16.4. The van der Waals surface area contributed by atoms with Gasteiger partial charge in [-0.25, -0.2) is 4.79 Å². The van der Waals surface area contributed by atoms with Crippen LogP contribution in [0.1, 0.15) is 36.8 Å². The van der Waals surface area contributed by atoms with E-state index in [4.69, 9.17) is 22.1 Å². The summed E-state index contributed by atoms with van der Waals surface area (Å²) in [7, 11) is 0. The van der Waals surface area contributed by atoms with Crippen LogP contribution in [0, 0.1) is 0 Å². The highest BCUT2D eigenvalue weighted by Gasteiger charge is 2.20. The summed E-state index contributed by atoms with van der Waals surface area (Å²) in [6.07, 6.45) is 8.62. The molecule has 1 aliphatic rings. The number of fused-ring (bicyclic) bond motifs is 1. The van der Waals surface area contributed by atoms with E-state index in [1.54, 1.807) is 0 Å². The highest BCUT2D eigenvalue weighted by Crippen LogP contribution is 2.31. The number of nitrogens with zero attached hydrogens (tertiary/aromatic N) is 1. The lowest BCUT2D eigenvalue weighted by molar-refractivity contribution is 0.0856. The Morgan fingerprint density at radius 1 is 1.30 bits per heavy atom. The Hall–Kier alpha value is -2.11. The van der Waals surface area contributed by atoms with Gasteiger partial charge >= 0.3 is 6.09 Å². The fourth-order valence-electron chi connectivity index (χ4n) is 3.52. The average Bonchev–Trinajstić information content (AvgIpc) is 2.64. The third-order valence-electron chi connectivity index (χ3n) is 4.89. The van der Waals surface area contributed by atoms with Gasteiger partial charge in [-0.15, -0.1) is 0 Å². The second kappa shape index (κ2) is 9.72. The molecule has 1 heterocycles. The predicted octanol–water partition coefficient (Wildman–Crippen LogP) is 4.11. The first-order chi connectivity index (χ1) is 13.2. The largest absolute Gasteiger partial charge is 0.446 e. The molecule has 0 fully saturated rings. The highest BCUT2D eigenvalue weighted by atomic mass is 35.5. The van der Waals surface area contributed by atoms with Crippen LogP contribution < -0.4 is 11.1 Å². The number of amides is 1. The number of carbonyl (C=O) groups is 1. The molecule has 1 amide bonds. The number of nitrogens with two attached hydrogens (primary N) is 1. The maximum absolute atomic E-state index is 12.0. The number of nitrogens with one attached hydrogen (secondary N) is 1. The number of hydrogen-bond donors (Lipinski definition) is 2. The van der Waals surface area contributed by atoms with Gasteiger partial charge in [-0.05, 0) is 73.9 Å². The normalized spacial score (nSPS) is 16.7. The Kier molecular flexibility index (Phi) is 7.07. The van der Waals surface area contributed by atoms with Crippen LogP contribution in [0.15, 0.2) is 36.7 Å². The van der Waals surface area contributed by atoms with E-state index in [9.17, 15) is 4.79 Å². The molecule has 1 atom stereocenters. The molecule has 144 valence electrons. The lowest BCUT2D eigenvalue weighted by Crippen LogP contribution is -2.31. The van der Waals surface area contributed by atoms with Gasteiger partial charge in [-0.1, -0.05) is 23.7 Å². The molecule has 0 aliphatic heterocycles. The minimum absolute atomic E-state index is 0.0728. The molecule has 0 saturated heterocycles. The highest BCUT2D eigenvalue weighted by molar-refractivity contribution is 6.30. The van der Waals surface area contributed by atoms with Gasteiger partial charge in [0.1, 0.15) is 6.10 Å². The topological polar surface area (TPSA) is 77.2 Å². The molecule has 27 heavy (non-hydrogen) atoms. The smallest absolute Gasteiger partial charge is 0.407 e. The second-order valence-electron chi connectivity index (χ2n) is 6.86. The van der Waals surface area contributed by atoms with Crippen LogP contribution in [0.5, 0.6) is 0 Å². The van der Waals surface area contributed by atoms with E-state index in [0.717, 1.165) is 49.7 Å². The SMILES string of the molecule is NCCCNC(=O)OC1CCCc2cncc(-c3cccc(Cl)c3)c2CC1. The van der Waals surface area contributed by atoms with Crippen molar-refractivity contribution < 1.29 is 9.53 Å². The standard InChI is InChI=1S/C21H26ClN3O2/c22-17-6-1-4-15(12-17)20-14-24-13-16-5-2-7-18(8-9-19(16)20)27-21(26)25-11-3-10-23/h1,4,6,12-14,18H,2-3,5,7-11,23H2,(H,25,26). The van der Waals surface area contributed by atoms with Crippen molar-refractivity contribution in [1.82, 2.24) is 10.3 Å². The zero-order chi connectivity index (χ0) is 19.1. The van der Waals surface area contributed by atoms with Gasteiger partial charge in [0.25, 0.3) is 0 Å². The average molecular weight is 388 g/mol. The Morgan fingerprint density at radius 2 is 2.19 bits per heavy atom. The lowest BCUT2D eigenvalue weighted by Gasteiger charge is -2.23. The minimum Gasteiger partial charge on any atom is -0.446 e. The Balaban J connectivity index is 1.72. The number of ether oxygens (including phenoxy) is 1. The summed E-state index contributed by atoms with van der Waals surface area (Å²) in [5.41, 5.74) is 10.2. The molecule has 0 spiro atoms. The number of rotatable bonds is 5. The number of benzene rings is 1. The molecular formula is C21H26ClN3O2. The number of carbonyl (C=O) groups excluding carboxylic acids is 1. The lowest BCUT2D eigenvalue weighted by atomic mass is 9.88.